The molecule has 4 nitrogen and oxygen atoms in total. The number of halogens is 5. The van der Waals surface area contributed by atoms with Gasteiger partial charge in [-0.1, -0.05) is 18.2 Å². The third-order valence-corrected chi connectivity index (χ3v) is 6.06. The van der Waals surface area contributed by atoms with Crippen LogP contribution in [0, 0.1) is 11.6 Å². The number of benzene rings is 3. The fourth-order valence-electron chi connectivity index (χ4n) is 3.03. The van der Waals surface area contributed by atoms with Crippen LogP contribution in [0.3, 0.4) is 0 Å². The summed E-state index contributed by atoms with van der Waals surface area (Å²) in [5.74, 6) is -1.39. The van der Waals surface area contributed by atoms with E-state index in [1.165, 1.54) is 37.4 Å². The number of sulfonamides is 1. The van der Waals surface area contributed by atoms with Crippen molar-refractivity contribution in [2.45, 2.75) is 17.5 Å². The molecule has 0 atom stereocenters. The maximum Gasteiger partial charge on any atom is 0.416 e. The third-order valence-electron chi connectivity index (χ3n) is 4.62. The first kappa shape index (κ1) is 23.7. The fraction of sp³-hybridized carbons (Fsp3) is 0.182. The van der Waals surface area contributed by atoms with E-state index in [1.807, 2.05) is 0 Å². The Bertz CT molecular complexity index is 1230. The van der Waals surface area contributed by atoms with Crippen LogP contribution >= 0.6 is 0 Å². The zero-order valence-corrected chi connectivity index (χ0v) is 17.5. The highest BCUT2D eigenvalue weighted by Gasteiger charge is 2.33. The first-order valence-corrected chi connectivity index (χ1v) is 10.8. The van der Waals surface area contributed by atoms with E-state index in [2.05, 4.69) is 4.72 Å². The molecule has 3 aromatic carbocycles. The molecule has 0 aliphatic heterocycles. The minimum atomic E-state index is -4.81. The van der Waals surface area contributed by atoms with Crippen molar-refractivity contribution in [2.75, 3.05) is 13.7 Å². The summed E-state index contributed by atoms with van der Waals surface area (Å²) in [5.41, 5.74) is -0.589. The van der Waals surface area contributed by atoms with Crippen molar-refractivity contribution in [1.82, 2.24) is 4.72 Å². The summed E-state index contributed by atoms with van der Waals surface area (Å²) in [4.78, 5) is -0.607. The molecule has 0 fully saturated rings. The second kappa shape index (κ2) is 9.25. The highest BCUT2D eigenvalue weighted by molar-refractivity contribution is 7.89. The molecule has 170 valence electrons. The molecule has 0 aliphatic carbocycles. The van der Waals surface area contributed by atoms with Crippen LogP contribution in [0.1, 0.15) is 11.1 Å². The average Bonchev–Trinajstić information content (AvgIpc) is 2.73. The Hall–Kier alpha value is -2.98. The molecule has 0 spiro atoms. The first-order valence-electron chi connectivity index (χ1n) is 9.30. The summed E-state index contributed by atoms with van der Waals surface area (Å²) in [6.07, 6.45) is -4.68. The zero-order valence-electron chi connectivity index (χ0n) is 16.7. The van der Waals surface area contributed by atoms with Crippen LogP contribution in [0.15, 0.2) is 65.6 Å². The van der Waals surface area contributed by atoms with Crippen LogP contribution in [0.25, 0.3) is 11.1 Å². The summed E-state index contributed by atoms with van der Waals surface area (Å²) in [6, 6.07) is 11.3. The molecule has 0 radical (unpaired) electrons. The number of methoxy groups -OCH3 is 1. The highest BCUT2D eigenvalue weighted by atomic mass is 32.2. The number of hydrogen-bond donors (Lipinski definition) is 1. The topological polar surface area (TPSA) is 55.4 Å². The van der Waals surface area contributed by atoms with E-state index in [1.54, 1.807) is 6.07 Å². The van der Waals surface area contributed by atoms with Gasteiger partial charge in [0.2, 0.25) is 10.0 Å². The van der Waals surface area contributed by atoms with Crippen LogP contribution in [0.2, 0.25) is 0 Å². The summed E-state index contributed by atoms with van der Waals surface area (Å²) in [6.45, 7) is -0.151. The lowest BCUT2D eigenvalue weighted by molar-refractivity contribution is -0.137. The lowest BCUT2D eigenvalue weighted by atomic mass is 10.0. The molecule has 3 aromatic rings. The number of rotatable bonds is 7. The normalized spacial score (nSPS) is 12.1. The van der Waals surface area contributed by atoms with E-state index in [-0.39, 0.29) is 29.8 Å². The molecule has 0 aromatic heterocycles. The van der Waals surface area contributed by atoms with Gasteiger partial charge < -0.3 is 4.74 Å². The molecule has 0 unspecified atom stereocenters. The Morgan fingerprint density at radius 3 is 2.34 bits per heavy atom. The molecular formula is C22H18F5NO3S. The molecule has 3 rings (SSSR count). The summed E-state index contributed by atoms with van der Waals surface area (Å²) in [7, 11) is -3.13. The molecule has 0 aliphatic rings. The smallest absolute Gasteiger partial charge is 0.416 e. The predicted molar refractivity (Wildman–Crippen MR) is 109 cm³/mol. The standard InChI is InChI=1S/C22H18F5NO3S/c1-31-21-12-15(5-6-20(21)24)16-10-17(22(25,26)27)13-19(11-16)32(29,30)28-8-7-14-3-2-4-18(23)9-14/h2-6,9-13,28H,7-8H2,1H3. The van der Waals surface area contributed by atoms with Crippen molar-refractivity contribution in [3.8, 4) is 16.9 Å². The lowest BCUT2D eigenvalue weighted by Gasteiger charge is -2.14. The van der Waals surface area contributed by atoms with Gasteiger partial charge in [-0.3, -0.25) is 0 Å². The van der Waals surface area contributed by atoms with Crippen LogP contribution in [0.4, 0.5) is 22.0 Å². The number of alkyl halides is 3. The Labute approximate surface area is 181 Å². The first-order chi connectivity index (χ1) is 15.0. The molecule has 1 N–H and O–H groups in total. The Kier molecular flexibility index (Phi) is 6.85. The van der Waals surface area contributed by atoms with Crippen LogP contribution in [-0.4, -0.2) is 22.1 Å². The Morgan fingerprint density at radius 2 is 1.69 bits per heavy atom. The van der Waals surface area contributed by atoms with Gasteiger partial charge in [-0.2, -0.15) is 13.2 Å². The molecule has 10 heteroatoms. The second-order valence-corrected chi connectivity index (χ2v) is 8.64. The average molecular weight is 471 g/mol. The summed E-state index contributed by atoms with van der Waals surface area (Å²) >= 11 is 0. The van der Waals surface area contributed by atoms with Crippen molar-refractivity contribution in [3.63, 3.8) is 0 Å². The van der Waals surface area contributed by atoms with Crippen molar-refractivity contribution in [3.05, 3.63) is 83.4 Å². The van der Waals surface area contributed by atoms with Crippen LogP contribution in [0.5, 0.6) is 5.75 Å². The molecule has 0 amide bonds. The van der Waals surface area contributed by atoms with Gasteiger partial charge in [-0.25, -0.2) is 21.9 Å². The van der Waals surface area contributed by atoms with Crippen molar-refractivity contribution >= 4 is 10.0 Å². The van der Waals surface area contributed by atoms with E-state index in [0.29, 0.717) is 11.6 Å². The van der Waals surface area contributed by atoms with Crippen molar-refractivity contribution in [1.29, 1.82) is 0 Å². The third kappa shape index (κ3) is 5.63. The van der Waals surface area contributed by atoms with Crippen molar-refractivity contribution < 1.29 is 35.1 Å². The van der Waals surface area contributed by atoms with E-state index < -0.39 is 38.3 Å². The van der Waals surface area contributed by atoms with E-state index in [9.17, 15) is 30.4 Å². The maximum absolute atomic E-state index is 13.7. The largest absolute Gasteiger partial charge is 0.494 e. The molecule has 32 heavy (non-hydrogen) atoms. The molecule has 0 heterocycles. The SMILES string of the molecule is COc1cc(-c2cc(C(F)(F)F)cc(S(=O)(=O)NCCc3cccc(F)c3)c2)ccc1F. The van der Waals surface area contributed by atoms with Gasteiger partial charge in [-0.05, 0) is 65.6 Å². The Morgan fingerprint density at radius 1 is 0.938 bits per heavy atom. The molecule has 0 bridgehead atoms. The van der Waals surface area contributed by atoms with E-state index in [4.69, 9.17) is 4.74 Å². The molecular weight excluding hydrogens is 453 g/mol. The second-order valence-electron chi connectivity index (χ2n) is 6.87. The quantitative estimate of drug-likeness (QED) is 0.483. The highest BCUT2D eigenvalue weighted by Crippen LogP contribution is 2.35. The van der Waals surface area contributed by atoms with Gasteiger partial charge in [-0.15, -0.1) is 0 Å². The van der Waals surface area contributed by atoms with Gasteiger partial charge in [0.05, 0.1) is 17.6 Å². The molecule has 0 saturated carbocycles. The number of ether oxygens (including phenoxy) is 1. The van der Waals surface area contributed by atoms with Gasteiger partial charge in [0.25, 0.3) is 0 Å². The fourth-order valence-corrected chi connectivity index (χ4v) is 4.13. The predicted octanol–water partition coefficient (Wildman–Crippen LogP) is 5.18. The van der Waals surface area contributed by atoms with Gasteiger partial charge in [0.1, 0.15) is 5.82 Å². The minimum absolute atomic E-state index is 0.0800. The maximum atomic E-state index is 13.7. The lowest BCUT2D eigenvalue weighted by Crippen LogP contribution is -2.26. The summed E-state index contributed by atoms with van der Waals surface area (Å²) in [5, 5.41) is 0. The van der Waals surface area contributed by atoms with Gasteiger partial charge >= 0.3 is 6.18 Å². The van der Waals surface area contributed by atoms with Crippen LogP contribution in [-0.2, 0) is 22.6 Å². The van der Waals surface area contributed by atoms with Gasteiger partial charge in [0.15, 0.2) is 11.6 Å². The van der Waals surface area contributed by atoms with Crippen LogP contribution < -0.4 is 9.46 Å². The monoisotopic (exact) mass is 471 g/mol. The van der Waals surface area contributed by atoms with E-state index in [0.717, 1.165) is 18.2 Å². The van der Waals surface area contributed by atoms with Gasteiger partial charge in [0, 0.05) is 6.54 Å². The number of nitrogens with one attached hydrogen (secondary N) is 1. The Balaban J connectivity index is 1.95. The summed E-state index contributed by atoms with van der Waals surface area (Å²) < 4.78 is 99.7. The zero-order chi connectivity index (χ0) is 23.5. The number of hydrogen-bond acceptors (Lipinski definition) is 3. The minimum Gasteiger partial charge on any atom is -0.494 e. The molecule has 0 saturated heterocycles. The van der Waals surface area contributed by atoms with Crippen molar-refractivity contribution in [2.24, 2.45) is 0 Å². The van der Waals surface area contributed by atoms with E-state index >= 15 is 0 Å².